The molecule has 0 saturated heterocycles. The van der Waals surface area contributed by atoms with E-state index in [0.717, 1.165) is 12.7 Å². The number of hydrogen-bond acceptors (Lipinski definition) is 1. The molecule has 0 aliphatic rings. The Kier molecular flexibility index (Phi) is 6.14. The molecule has 0 fully saturated rings. The topological polar surface area (TPSA) is 17.1 Å². The lowest BCUT2D eigenvalue weighted by atomic mass is 10.1. The van der Waals surface area contributed by atoms with Crippen molar-refractivity contribution in [3.05, 3.63) is 12.2 Å². The second-order valence-corrected chi connectivity index (χ2v) is 2.56. The van der Waals surface area contributed by atoms with Crippen molar-refractivity contribution < 1.29 is 4.79 Å². The van der Waals surface area contributed by atoms with Gasteiger partial charge in [0.15, 0.2) is 0 Å². The van der Waals surface area contributed by atoms with Gasteiger partial charge in [0.05, 0.1) is 0 Å². The molecule has 0 aromatic heterocycles. The molecule has 0 rings (SSSR count). The van der Waals surface area contributed by atoms with E-state index in [1.165, 1.54) is 6.42 Å². The maximum absolute atomic E-state index is 9.89. The van der Waals surface area contributed by atoms with Crippen LogP contribution in [0.1, 0.15) is 33.1 Å². The number of unbranched alkanes of at least 4 members (excludes halogenated alkanes) is 1. The molecular formula is C9H16O. The van der Waals surface area contributed by atoms with Crippen molar-refractivity contribution in [1.82, 2.24) is 0 Å². The minimum absolute atomic E-state index is 0.659. The Bertz CT molecular complexity index is 105. The molecule has 0 aliphatic carbocycles. The Morgan fingerprint density at radius 3 is 2.60 bits per heavy atom. The minimum atomic E-state index is 0.659. The number of hydrogen-bond donors (Lipinski definition) is 0. The summed E-state index contributed by atoms with van der Waals surface area (Å²) < 4.78 is 0. The van der Waals surface area contributed by atoms with Gasteiger partial charge in [-0.2, -0.15) is 0 Å². The zero-order chi connectivity index (χ0) is 7.82. The molecule has 0 aromatic rings. The first-order valence-corrected chi connectivity index (χ1v) is 3.91. The highest BCUT2D eigenvalue weighted by molar-refractivity contribution is 5.49. The lowest BCUT2D eigenvalue weighted by molar-refractivity contribution is -0.107. The Balaban J connectivity index is 3.26. The average Bonchev–Trinajstić information content (AvgIpc) is 1.98. The van der Waals surface area contributed by atoms with Crippen LogP contribution in [0.5, 0.6) is 0 Å². The van der Waals surface area contributed by atoms with Gasteiger partial charge >= 0.3 is 0 Å². The van der Waals surface area contributed by atoms with Gasteiger partial charge in [-0.15, -0.1) is 0 Å². The molecule has 1 atom stereocenters. The SMILES string of the molecule is CCC(C)C=CCCC=O. The number of carbonyl (C=O) groups is 1. The van der Waals surface area contributed by atoms with E-state index in [1.54, 1.807) is 0 Å². The largest absolute Gasteiger partial charge is 0.303 e. The van der Waals surface area contributed by atoms with Crippen LogP contribution in [0.2, 0.25) is 0 Å². The Hall–Kier alpha value is -0.590. The van der Waals surface area contributed by atoms with Crippen molar-refractivity contribution in [2.45, 2.75) is 33.1 Å². The van der Waals surface area contributed by atoms with Crippen LogP contribution in [0, 0.1) is 5.92 Å². The predicted octanol–water partition coefficient (Wildman–Crippen LogP) is 2.57. The fraction of sp³-hybridized carbons (Fsp3) is 0.667. The van der Waals surface area contributed by atoms with E-state index < -0.39 is 0 Å². The van der Waals surface area contributed by atoms with Crippen molar-refractivity contribution in [1.29, 1.82) is 0 Å². The zero-order valence-corrected chi connectivity index (χ0v) is 6.84. The van der Waals surface area contributed by atoms with Crippen LogP contribution in [-0.2, 0) is 4.79 Å². The second-order valence-electron chi connectivity index (χ2n) is 2.56. The monoisotopic (exact) mass is 140 g/mol. The molecule has 0 radical (unpaired) electrons. The van der Waals surface area contributed by atoms with Crippen LogP contribution in [0.15, 0.2) is 12.2 Å². The standard InChI is InChI=1S/C9H16O/c1-3-9(2)7-5-4-6-8-10/h5,7-9H,3-4,6H2,1-2H3. The predicted molar refractivity (Wildman–Crippen MR) is 43.9 cm³/mol. The van der Waals surface area contributed by atoms with Crippen molar-refractivity contribution in [3.63, 3.8) is 0 Å². The normalized spacial score (nSPS) is 13.8. The third-order valence-electron chi connectivity index (χ3n) is 1.56. The van der Waals surface area contributed by atoms with Crippen LogP contribution < -0.4 is 0 Å². The van der Waals surface area contributed by atoms with E-state index in [0.29, 0.717) is 12.3 Å². The van der Waals surface area contributed by atoms with Crippen molar-refractivity contribution in [2.75, 3.05) is 0 Å². The molecule has 1 unspecified atom stereocenters. The smallest absolute Gasteiger partial charge is 0.120 e. The van der Waals surface area contributed by atoms with Gasteiger partial charge in [-0.3, -0.25) is 0 Å². The van der Waals surface area contributed by atoms with Gasteiger partial charge in [0.1, 0.15) is 6.29 Å². The molecule has 1 nitrogen and oxygen atoms in total. The molecule has 1 heteroatoms. The van der Waals surface area contributed by atoms with Crippen molar-refractivity contribution in [2.24, 2.45) is 5.92 Å². The van der Waals surface area contributed by atoms with E-state index in [2.05, 4.69) is 26.0 Å². The van der Waals surface area contributed by atoms with Gasteiger partial charge in [0.2, 0.25) is 0 Å². The summed E-state index contributed by atoms with van der Waals surface area (Å²) in [5.74, 6) is 0.659. The number of allylic oxidation sites excluding steroid dienone is 2. The summed E-state index contributed by atoms with van der Waals surface area (Å²) in [5, 5.41) is 0. The van der Waals surface area contributed by atoms with E-state index in [4.69, 9.17) is 0 Å². The lowest BCUT2D eigenvalue weighted by Gasteiger charge is -1.97. The first kappa shape index (κ1) is 9.41. The number of carbonyl (C=O) groups excluding carboxylic acids is 1. The molecule has 58 valence electrons. The fourth-order valence-electron chi connectivity index (χ4n) is 0.629. The van der Waals surface area contributed by atoms with Crippen molar-refractivity contribution >= 4 is 6.29 Å². The second kappa shape index (κ2) is 6.53. The van der Waals surface area contributed by atoms with E-state index >= 15 is 0 Å². The maximum Gasteiger partial charge on any atom is 0.120 e. The molecule has 0 N–H and O–H groups in total. The van der Waals surface area contributed by atoms with E-state index in [9.17, 15) is 4.79 Å². The molecule has 0 aliphatic heterocycles. The average molecular weight is 140 g/mol. The summed E-state index contributed by atoms with van der Waals surface area (Å²) >= 11 is 0. The third kappa shape index (κ3) is 5.54. The summed E-state index contributed by atoms with van der Waals surface area (Å²) in [4.78, 5) is 9.89. The minimum Gasteiger partial charge on any atom is -0.303 e. The quantitative estimate of drug-likeness (QED) is 0.326. The fourth-order valence-corrected chi connectivity index (χ4v) is 0.629. The summed E-state index contributed by atoms with van der Waals surface area (Å²) in [6.45, 7) is 4.34. The number of rotatable bonds is 5. The molecule has 10 heavy (non-hydrogen) atoms. The van der Waals surface area contributed by atoms with Gasteiger partial charge in [0, 0.05) is 6.42 Å². The van der Waals surface area contributed by atoms with Crippen LogP contribution in [0.3, 0.4) is 0 Å². The Labute approximate surface area is 63.1 Å². The molecule has 0 heterocycles. The Morgan fingerprint density at radius 1 is 1.40 bits per heavy atom. The summed E-state index contributed by atoms with van der Waals surface area (Å²) in [7, 11) is 0. The number of aldehydes is 1. The van der Waals surface area contributed by atoms with Crippen LogP contribution in [0.4, 0.5) is 0 Å². The van der Waals surface area contributed by atoms with Gasteiger partial charge in [-0.25, -0.2) is 0 Å². The molecule has 0 aromatic carbocycles. The molecule has 0 amide bonds. The van der Waals surface area contributed by atoms with Gasteiger partial charge in [-0.1, -0.05) is 32.4 Å². The highest BCUT2D eigenvalue weighted by atomic mass is 16.1. The summed E-state index contributed by atoms with van der Waals surface area (Å²) in [5.41, 5.74) is 0. The van der Waals surface area contributed by atoms with Gasteiger partial charge < -0.3 is 4.79 Å². The van der Waals surface area contributed by atoms with E-state index in [1.807, 2.05) is 0 Å². The van der Waals surface area contributed by atoms with Crippen LogP contribution in [0.25, 0.3) is 0 Å². The maximum atomic E-state index is 9.89. The molecular weight excluding hydrogens is 124 g/mol. The molecule has 0 bridgehead atoms. The van der Waals surface area contributed by atoms with Gasteiger partial charge in [0.25, 0.3) is 0 Å². The Morgan fingerprint density at radius 2 is 2.10 bits per heavy atom. The molecule has 0 spiro atoms. The third-order valence-corrected chi connectivity index (χ3v) is 1.56. The first-order valence-electron chi connectivity index (χ1n) is 3.91. The van der Waals surface area contributed by atoms with Crippen molar-refractivity contribution in [3.8, 4) is 0 Å². The van der Waals surface area contributed by atoms with Crippen LogP contribution in [-0.4, -0.2) is 6.29 Å². The van der Waals surface area contributed by atoms with Gasteiger partial charge in [-0.05, 0) is 12.3 Å². The zero-order valence-electron chi connectivity index (χ0n) is 6.84. The summed E-state index contributed by atoms with van der Waals surface area (Å²) in [6.07, 6.45) is 7.95. The highest BCUT2D eigenvalue weighted by Gasteiger charge is 1.88. The highest BCUT2D eigenvalue weighted by Crippen LogP contribution is 2.02. The van der Waals surface area contributed by atoms with E-state index in [-0.39, 0.29) is 0 Å². The lowest BCUT2D eigenvalue weighted by Crippen LogP contribution is -1.83. The first-order chi connectivity index (χ1) is 4.81. The summed E-state index contributed by atoms with van der Waals surface area (Å²) in [6, 6.07) is 0. The van der Waals surface area contributed by atoms with Crippen LogP contribution >= 0.6 is 0 Å². The molecule has 0 saturated carbocycles.